The zero-order valence-electron chi connectivity index (χ0n) is 15.1. The van der Waals surface area contributed by atoms with Gasteiger partial charge in [-0.1, -0.05) is 12.1 Å². The minimum absolute atomic E-state index is 0.0202. The van der Waals surface area contributed by atoms with Crippen molar-refractivity contribution in [2.45, 2.75) is 24.8 Å². The molecule has 3 N–H and O–H groups in total. The fraction of sp³-hybridized carbons (Fsp3) is 0.211. The first kappa shape index (κ1) is 18.9. The Morgan fingerprint density at radius 3 is 2.44 bits per heavy atom. The number of nitrogens with one attached hydrogen (secondary N) is 1. The number of ether oxygens (including phenoxy) is 1. The molecular weight excluding hydrogens is 368 g/mol. The molecule has 3 rings (SSSR count). The van der Waals surface area contributed by atoms with Gasteiger partial charge in [0.05, 0.1) is 18.0 Å². The molecule has 142 valence electrons. The second-order valence-electron chi connectivity index (χ2n) is 6.23. The number of aryl methyl sites for hydroxylation is 1. The number of benzene rings is 2. The Hall–Kier alpha value is -2.84. The van der Waals surface area contributed by atoms with Gasteiger partial charge in [-0.05, 0) is 49.7 Å². The number of primary sulfonamides is 1. The van der Waals surface area contributed by atoms with Gasteiger partial charge in [0.1, 0.15) is 11.3 Å². The Morgan fingerprint density at radius 2 is 1.85 bits per heavy atom. The van der Waals surface area contributed by atoms with Gasteiger partial charge >= 0.3 is 0 Å². The van der Waals surface area contributed by atoms with Crippen LogP contribution in [0, 0.1) is 6.92 Å². The van der Waals surface area contributed by atoms with Gasteiger partial charge in [0.2, 0.25) is 10.0 Å². The number of fused-ring (bicyclic) bond motifs is 1. The van der Waals surface area contributed by atoms with E-state index in [1.807, 2.05) is 13.0 Å². The summed E-state index contributed by atoms with van der Waals surface area (Å²) >= 11 is 0. The first-order valence-corrected chi connectivity index (χ1v) is 9.76. The molecular formula is C19H20N2O5S. The lowest BCUT2D eigenvalue weighted by molar-refractivity contribution is 0.0913. The molecule has 0 bridgehead atoms. The number of hydrogen-bond donors (Lipinski definition) is 2. The molecule has 0 fully saturated rings. The van der Waals surface area contributed by atoms with Crippen LogP contribution in [0.15, 0.2) is 51.8 Å². The molecule has 0 saturated carbocycles. The highest BCUT2D eigenvalue weighted by atomic mass is 32.2. The van der Waals surface area contributed by atoms with E-state index in [4.69, 9.17) is 14.3 Å². The molecule has 1 amide bonds. The quantitative estimate of drug-likeness (QED) is 0.698. The predicted molar refractivity (Wildman–Crippen MR) is 101 cm³/mol. The van der Waals surface area contributed by atoms with Gasteiger partial charge in [-0.25, -0.2) is 13.6 Å². The Kier molecular flexibility index (Phi) is 4.95. The van der Waals surface area contributed by atoms with Crippen LogP contribution in [-0.4, -0.2) is 21.4 Å². The van der Waals surface area contributed by atoms with E-state index >= 15 is 0 Å². The monoisotopic (exact) mass is 388 g/mol. The molecule has 0 aliphatic heterocycles. The second-order valence-corrected chi connectivity index (χ2v) is 7.79. The van der Waals surface area contributed by atoms with E-state index in [1.165, 1.54) is 12.1 Å². The van der Waals surface area contributed by atoms with Crippen LogP contribution in [0.2, 0.25) is 0 Å². The molecule has 2 aromatic carbocycles. The molecule has 0 aliphatic carbocycles. The summed E-state index contributed by atoms with van der Waals surface area (Å²) in [5, 5.41) is 8.76. The molecule has 0 saturated heterocycles. The highest BCUT2D eigenvalue weighted by molar-refractivity contribution is 7.89. The number of nitrogens with two attached hydrogens (primary N) is 1. The van der Waals surface area contributed by atoms with Crippen molar-refractivity contribution >= 4 is 26.9 Å². The number of carbonyl (C=O) groups excluding carboxylic acids is 1. The van der Waals surface area contributed by atoms with Crippen molar-refractivity contribution in [3.63, 3.8) is 0 Å². The van der Waals surface area contributed by atoms with Crippen LogP contribution in [-0.2, 0) is 10.0 Å². The summed E-state index contributed by atoms with van der Waals surface area (Å²) in [5.41, 5.74) is 2.06. The summed E-state index contributed by atoms with van der Waals surface area (Å²) < 4.78 is 33.6. The third kappa shape index (κ3) is 3.81. The van der Waals surface area contributed by atoms with Crippen molar-refractivity contribution in [1.82, 2.24) is 5.32 Å². The van der Waals surface area contributed by atoms with Gasteiger partial charge in [-0.3, -0.25) is 4.79 Å². The third-order valence-corrected chi connectivity index (χ3v) is 5.34. The maximum atomic E-state index is 12.6. The van der Waals surface area contributed by atoms with Crippen molar-refractivity contribution in [3.8, 4) is 5.75 Å². The van der Waals surface area contributed by atoms with Gasteiger partial charge in [0.15, 0.2) is 5.76 Å². The summed E-state index contributed by atoms with van der Waals surface area (Å²) in [6, 6.07) is 11.0. The molecule has 0 radical (unpaired) electrons. The van der Waals surface area contributed by atoms with E-state index in [0.717, 1.165) is 16.5 Å². The number of carbonyl (C=O) groups is 1. The van der Waals surface area contributed by atoms with E-state index in [-0.39, 0.29) is 22.6 Å². The predicted octanol–water partition coefficient (Wildman–Crippen LogP) is 2.89. The van der Waals surface area contributed by atoms with Crippen LogP contribution in [0.1, 0.15) is 34.6 Å². The largest absolute Gasteiger partial charge is 0.497 e. The van der Waals surface area contributed by atoms with Gasteiger partial charge in [0, 0.05) is 10.9 Å². The molecule has 8 heteroatoms. The number of rotatable bonds is 5. The lowest BCUT2D eigenvalue weighted by Crippen LogP contribution is -2.26. The Labute approximate surface area is 157 Å². The lowest BCUT2D eigenvalue weighted by atomic mass is 10.1. The van der Waals surface area contributed by atoms with Crippen LogP contribution < -0.4 is 15.2 Å². The topological polar surface area (TPSA) is 112 Å². The molecule has 0 aliphatic rings. The van der Waals surface area contributed by atoms with Crippen LogP contribution in [0.5, 0.6) is 5.75 Å². The van der Waals surface area contributed by atoms with E-state index in [1.54, 1.807) is 38.3 Å². The molecule has 27 heavy (non-hydrogen) atoms. The van der Waals surface area contributed by atoms with Crippen LogP contribution in [0.25, 0.3) is 11.0 Å². The van der Waals surface area contributed by atoms with Crippen molar-refractivity contribution < 1.29 is 22.4 Å². The zero-order chi connectivity index (χ0) is 19.8. The molecule has 3 aromatic rings. The average molecular weight is 388 g/mol. The Bertz CT molecular complexity index is 1100. The summed E-state index contributed by atoms with van der Waals surface area (Å²) in [7, 11) is -2.17. The number of amides is 1. The number of sulfonamides is 1. The highest BCUT2D eigenvalue weighted by Crippen LogP contribution is 2.29. The first-order valence-electron chi connectivity index (χ1n) is 8.21. The summed E-state index contributed by atoms with van der Waals surface area (Å²) in [4.78, 5) is 12.7. The fourth-order valence-corrected chi connectivity index (χ4v) is 3.35. The maximum absolute atomic E-state index is 12.6. The minimum atomic E-state index is -3.75. The highest BCUT2D eigenvalue weighted by Gasteiger charge is 2.20. The van der Waals surface area contributed by atoms with Crippen molar-refractivity contribution in [2.24, 2.45) is 5.14 Å². The minimum Gasteiger partial charge on any atom is -0.497 e. The van der Waals surface area contributed by atoms with Gasteiger partial charge in [-0.2, -0.15) is 0 Å². The smallest absolute Gasteiger partial charge is 0.287 e. The van der Waals surface area contributed by atoms with Crippen molar-refractivity contribution in [1.29, 1.82) is 0 Å². The van der Waals surface area contributed by atoms with Gasteiger partial charge < -0.3 is 14.5 Å². The van der Waals surface area contributed by atoms with Crippen LogP contribution in [0.3, 0.4) is 0 Å². The Morgan fingerprint density at radius 1 is 1.19 bits per heavy atom. The average Bonchev–Trinajstić information content (AvgIpc) is 2.97. The summed E-state index contributed by atoms with van der Waals surface area (Å²) in [5.74, 6) is 0.554. The maximum Gasteiger partial charge on any atom is 0.287 e. The molecule has 1 aromatic heterocycles. The van der Waals surface area contributed by atoms with Crippen LogP contribution >= 0.6 is 0 Å². The van der Waals surface area contributed by atoms with E-state index < -0.39 is 10.0 Å². The molecule has 7 nitrogen and oxygen atoms in total. The normalized spacial score (nSPS) is 12.7. The first-order chi connectivity index (χ1) is 12.7. The SMILES string of the molecule is COc1ccc2oc(C(=O)NC(C)c3ccc(S(N)(=O)=O)cc3)c(C)c2c1. The standard InChI is InChI=1S/C19H20N2O5S/c1-11-16-10-14(25-3)6-9-17(16)26-18(11)19(22)21-12(2)13-4-7-15(8-5-13)27(20,23)24/h4-10,12H,1-3H3,(H,21,22)(H2,20,23,24). The van der Waals surface area contributed by atoms with E-state index in [2.05, 4.69) is 5.32 Å². The third-order valence-electron chi connectivity index (χ3n) is 4.41. The van der Waals surface area contributed by atoms with Crippen molar-refractivity contribution in [2.75, 3.05) is 7.11 Å². The lowest BCUT2D eigenvalue weighted by Gasteiger charge is -2.14. The molecule has 1 heterocycles. The second kappa shape index (κ2) is 7.05. The summed E-state index contributed by atoms with van der Waals surface area (Å²) in [6.45, 7) is 3.61. The number of hydrogen-bond acceptors (Lipinski definition) is 5. The Balaban J connectivity index is 1.82. The number of furan rings is 1. The summed E-state index contributed by atoms with van der Waals surface area (Å²) in [6.07, 6.45) is 0. The molecule has 1 unspecified atom stereocenters. The van der Waals surface area contributed by atoms with E-state index in [9.17, 15) is 13.2 Å². The van der Waals surface area contributed by atoms with Gasteiger partial charge in [0.25, 0.3) is 5.91 Å². The van der Waals surface area contributed by atoms with Gasteiger partial charge in [-0.15, -0.1) is 0 Å². The zero-order valence-corrected chi connectivity index (χ0v) is 16.0. The van der Waals surface area contributed by atoms with Crippen LogP contribution in [0.4, 0.5) is 0 Å². The van der Waals surface area contributed by atoms with Crippen molar-refractivity contribution in [3.05, 3.63) is 59.4 Å². The van der Waals surface area contributed by atoms with E-state index in [0.29, 0.717) is 11.3 Å². The number of methoxy groups -OCH3 is 1. The molecule has 0 spiro atoms. The fourth-order valence-electron chi connectivity index (χ4n) is 2.84. The molecule has 1 atom stereocenters.